The van der Waals surface area contributed by atoms with Gasteiger partial charge in [0.2, 0.25) is 0 Å². The Balaban J connectivity index is 1.79. The van der Waals surface area contributed by atoms with Crippen molar-refractivity contribution in [2.45, 2.75) is 31.5 Å². The topological polar surface area (TPSA) is 38.8 Å². The minimum atomic E-state index is -0.619. The van der Waals surface area contributed by atoms with E-state index in [2.05, 4.69) is 107 Å². The zero-order chi connectivity index (χ0) is 26.9. The monoisotopic (exact) mass is 569 g/mol. The summed E-state index contributed by atoms with van der Waals surface area (Å²) in [6.07, 6.45) is -0.437. The van der Waals surface area contributed by atoms with Crippen LogP contribution in [0, 0.1) is 0 Å². The highest BCUT2D eigenvalue weighted by atomic mass is 79.9. The van der Waals surface area contributed by atoms with Crippen LogP contribution in [0.3, 0.4) is 0 Å². The van der Waals surface area contributed by atoms with Crippen LogP contribution in [0.5, 0.6) is 0 Å². The van der Waals surface area contributed by atoms with Crippen molar-refractivity contribution in [3.63, 3.8) is 0 Å². The number of hydrogen-bond acceptors (Lipinski definition) is 4. The van der Waals surface area contributed by atoms with Crippen LogP contribution in [0.1, 0.15) is 35.3 Å². The molecule has 0 saturated carbocycles. The second-order valence-corrected chi connectivity index (χ2v) is 10.2. The molecule has 1 aliphatic rings. The Morgan fingerprint density at radius 2 is 1.24 bits per heavy atom. The van der Waals surface area contributed by atoms with Gasteiger partial charge in [-0.25, -0.2) is 0 Å². The van der Waals surface area contributed by atoms with Crippen molar-refractivity contribution in [1.29, 1.82) is 0 Å². The van der Waals surface area contributed by atoms with Crippen LogP contribution >= 0.6 is 15.9 Å². The first-order valence-corrected chi connectivity index (χ1v) is 13.9. The lowest BCUT2D eigenvalue weighted by Gasteiger charge is -2.41. The number of para-hydroxylation sites is 2. The lowest BCUT2D eigenvalue weighted by molar-refractivity contribution is -0.0204. The maximum Gasteiger partial charge on any atom is 0.173 e. The second-order valence-electron chi connectivity index (χ2n) is 9.68. The van der Waals surface area contributed by atoms with Gasteiger partial charge in [-0.3, -0.25) is 4.79 Å². The molecule has 2 unspecified atom stereocenters. The number of ketones is 1. The van der Waals surface area contributed by atoms with Crippen molar-refractivity contribution in [2.24, 2.45) is 0 Å². The molecule has 0 aromatic heterocycles. The highest BCUT2D eigenvalue weighted by molar-refractivity contribution is 9.09. The van der Waals surface area contributed by atoms with Gasteiger partial charge >= 0.3 is 0 Å². The van der Waals surface area contributed by atoms with Crippen LogP contribution in [-0.4, -0.2) is 37.5 Å². The zero-order valence-corrected chi connectivity index (χ0v) is 23.7. The van der Waals surface area contributed by atoms with Crippen molar-refractivity contribution in [3.8, 4) is 11.1 Å². The second kappa shape index (κ2) is 10.9. The molecular weight excluding hydrogens is 538 g/mol. The van der Waals surface area contributed by atoms with Gasteiger partial charge in [-0.05, 0) is 78.6 Å². The van der Waals surface area contributed by atoms with Crippen molar-refractivity contribution >= 4 is 38.8 Å². The minimum absolute atomic E-state index is 0.0489. The zero-order valence-electron chi connectivity index (χ0n) is 22.1. The van der Waals surface area contributed by atoms with Crippen LogP contribution in [0.25, 0.3) is 11.1 Å². The molecule has 194 valence electrons. The first-order valence-electron chi connectivity index (χ1n) is 12.8. The SMILES string of the molecule is COC(C)C1(C(C)OC)c2cc(C(=O)CBr)ccc2-c2ccc(N(c3ccccc3)c3ccccc3)cc21. The predicted octanol–water partition coefficient (Wildman–Crippen LogP) is 8.07. The summed E-state index contributed by atoms with van der Waals surface area (Å²) in [5, 5.41) is 0.276. The van der Waals surface area contributed by atoms with E-state index in [9.17, 15) is 4.79 Å². The molecule has 5 heteroatoms. The van der Waals surface area contributed by atoms with Gasteiger partial charge in [0.25, 0.3) is 0 Å². The summed E-state index contributed by atoms with van der Waals surface area (Å²) in [7, 11) is 3.48. The third-order valence-electron chi connectivity index (χ3n) is 7.92. The van der Waals surface area contributed by atoms with E-state index in [0.717, 1.165) is 39.3 Å². The van der Waals surface area contributed by atoms with Crippen LogP contribution < -0.4 is 4.90 Å². The summed E-state index contributed by atoms with van der Waals surface area (Å²) in [6.45, 7) is 4.18. The van der Waals surface area contributed by atoms with Gasteiger partial charge in [0, 0.05) is 36.8 Å². The maximum atomic E-state index is 12.7. The third-order valence-corrected chi connectivity index (χ3v) is 8.43. The van der Waals surface area contributed by atoms with Crippen LogP contribution in [0.2, 0.25) is 0 Å². The van der Waals surface area contributed by atoms with Crippen molar-refractivity contribution in [3.05, 3.63) is 114 Å². The maximum absolute atomic E-state index is 12.7. The normalized spacial score (nSPS) is 17.4. The number of anilines is 3. The van der Waals surface area contributed by atoms with E-state index in [1.54, 1.807) is 14.2 Å². The van der Waals surface area contributed by atoms with E-state index in [0.29, 0.717) is 5.56 Å². The Labute approximate surface area is 233 Å². The van der Waals surface area contributed by atoms with Crippen molar-refractivity contribution < 1.29 is 14.3 Å². The van der Waals surface area contributed by atoms with E-state index in [4.69, 9.17) is 9.47 Å². The molecule has 4 nitrogen and oxygen atoms in total. The van der Waals surface area contributed by atoms with E-state index in [1.807, 2.05) is 24.3 Å². The Morgan fingerprint density at radius 3 is 1.74 bits per heavy atom. The molecule has 4 aromatic rings. The molecule has 0 aliphatic heterocycles. The van der Waals surface area contributed by atoms with Gasteiger partial charge in [0.15, 0.2) is 5.78 Å². The van der Waals surface area contributed by atoms with Gasteiger partial charge < -0.3 is 14.4 Å². The number of halogens is 1. The molecule has 4 aromatic carbocycles. The van der Waals surface area contributed by atoms with E-state index in [-0.39, 0.29) is 23.3 Å². The molecule has 0 amide bonds. The summed E-state index contributed by atoms with van der Waals surface area (Å²) in [4.78, 5) is 15.0. The Bertz CT molecular complexity index is 1390. The standard InChI is InChI=1S/C33H32BrNO3/c1-22(37-3)33(23(2)38-4)30-19-24(32(36)21-34)15-17-28(30)29-18-16-27(20-31(29)33)35(25-11-7-5-8-12-25)26-13-9-6-10-14-26/h5-20,22-23H,21H2,1-4H3. The minimum Gasteiger partial charge on any atom is -0.380 e. The highest BCUT2D eigenvalue weighted by Crippen LogP contribution is 2.55. The number of fused-ring (bicyclic) bond motifs is 3. The Hall–Kier alpha value is -3.25. The number of carbonyl (C=O) groups excluding carboxylic acids is 1. The molecule has 0 saturated heterocycles. The van der Waals surface area contributed by atoms with Crippen molar-refractivity contribution in [2.75, 3.05) is 24.4 Å². The summed E-state index contributed by atoms with van der Waals surface area (Å²) in [5.41, 5.74) is 7.69. The number of nitrogens with zero attached hydrogens (tertiary/aromatic N) is 1. The van der Waals surface area contributed by atoms with Gasteiger partial charge in [-0.1, -0.05) is 70.5 Å². The van der Waals surface area contributed by atoms with Crippen LogP contribution in [0.15, 0.2) is 97.1 Å². The lowest BCUT2D eigenvalue weighted by Crippen LogP contribution is -2.48. The molecule has 5 rings (SSSR count). The molecule has 0 radical (unpaired) electrons. The summed E-state index contributed by atoms with van der Waals surface area (Å²) in [6, 6.07) is 33.4. The number of rotatable bonds is 9. The summed E-state index contributed by atoms with van der Waals surface area (Å²) in [5.74, 6) is 0.0489. The number of Topliss-reactive ketones (excluding diaryl/α,β-unsaturated/α-hetero) is 1. The molecular formula is C33H32BrNO3. The number of ether oxygens (including phenoxy) is 2. The van der Waals surface area contributed by atoms with Crippen molar-refractivity contribution in [1.82, 2.24) is 0 Å². The third kappa shape index (κ3) is 4.19. The molecule has 38 heavy (non-hydrogen) atoms. The number of carbonyl (C=O) groups is 1. The first-order chi connectivity index (χ1) is 18.5. The molecule has 0 N–H and O–H groups in total. The largest absolute Gasteiger partial charge is 0.380 e. The molecule has 2 atom stereocenters. The number of benzene rings is 4. The first kappa shape index (κ1) is 26.4. The average molecular weight is 571 g/mol. The number of alkyl halides is 1. The van der Waals surface area contributed by atoms with E-state index >= 15 is 0 Å². The lowest BCUT2D eigenvalue weighted by atomic mass is 9.69. The van der Waals surface area contributed by atoms with Crippen LogP contribution in [0.4, 0.5) is 17.1 Å². The molecule has 1 aliphatic carbocycles. The number of methoxy groups -OCH3 is 2. The van der Waals surface area contributed by atoms with Gasteiger partial charge in [-0.15, -0.1) is 0 Å². The summed E-state index contributed by atoms with van der Waals surface area (Å²) < 4.78 is 12.2. The smallest absolute Gasteiger partial charge is 0.173 e. The summed E-state index contributed by atoms with van der Waals surface area (Å²) >= 11 is 3.34. The van der Waals surface area contributed by atoms with Gasteiger partial charge in [0.1, 0.15) is 0 Å². The van der Waals surface area contributed by atoms with Gasteiger partial charge in [-0.2, -0.15) is 0 Å². The van der Waals surface area contributed by atoms with E-state index in [1.165, 1.54) is 0 Å². The Morgan fingerprint density at radius 1 is 0.737 bits per heavy atom. The fourth-order valence-corrected chi connectivity index (χ4v) is 6.27. The molecule has 0 bridgehead atoms. The van der Waals surface area contributed by atoms with E-state index < -0.39 is 5.41 Å². The molecule has 0 heterocycles. The predicted molar refractivity (Wildman–Crippen MR) is 158 cm³/mol. The van der Waals surface area contributed by atoms with Gasteiger partial charge in [0.05, 0.1) is 23.0 Å². The highest BCUT2D eigenvalue weighted by Gasteiger charge is 2.52. The fourth-order valence-electron chi connectivity index (χ4n) is 5.95. The number of hydrogen-bond donors (Lipinski definition) is 0. The fraction of sp³-hybridized carbons (Fsp3) is 0.242. The average Bonchev–Trinajstić information content (AvgIpc) is 3.27. The quantitative estimate of drug-likeness (QED) is 0.151. The molecule has 0 spiro atoms. The van der Waals surface area contributed by atoms with Crippen LogP contribution in [-0.2, 0) is 14.9 Å². The molecule has 0 fully saturated rings. The Kier molecular flexibility index (Phi) is 7.53.